The van der Waals surface area contributed by atoms with E-state index in [4.69, 9.17) is 33.2 Å². The van der Waals surface area contributed by atoms with Crippen LogP contribution in [0.4, 0.5) is 0 Å². The summed E-state index contributed by atoms with van der Waals surface area (Å²) in [6.45, 7) is 20.4. The number of allylic oxidation sites excluding steroid dienone is 2. The Hall–Kier alpha value is -2.82. The highest BCUT2D eigenvalue weighted by Gasteiger charge is 2.74. The molecule has 7 rings (SSSR count). The number of carboxylic acid groups (broad SMARTS) is 1. The number of rotatable bonds is 12. The Labute approximate surface area is 410 Å². The average molecular weight is 997 g/mol. The zero-order valence-corrected chi connectivity index (χ0v) is 42.6. The number of aliphatic hydroxyl groups is 7. The van der Waals surface area contributed by atoms with Crippen molar-refractivity contribution in [3.05, 3.63) is 11.6 Å². The number of carbonyl (C=O) groups excluding carboxylic acids is 3. The van der Waals surface area contributed by atoms with E-state index in [1.165, 1.54) is 13.8 Å². The molecule has 6 fully saturated rings. The number of hydrogen-bond acceptors (Lipinski definition) is 18. The van der Waals surface area contributed by atoms with Crippen molar-refractivity contribution in [2.75, 3.05) is 13.2 Å². The molecule has 0 amide bonds. The summed E-state index contributed by atoms with van der Waals surface area (Å²) in [6.07, 6.45) is -15.2. The van der Waals surface area contributed by atoms with Gasteiger partial charge in [0.1, 0.15) is 67.6 Å². The van der Waals surface area contributed by atoms with Crippen molar-refractivity contribution in [2.45, 2.75) is 213 Å². The number of fused-ring (bicyclic) bond motifs is 7. The molecule has 0 bridgehead atoms. The SMILES string of the molecule is CC(=O)O[C@H]1[C@H](O)[C@]2(COC(=O)CC(C)C)[C@H](OC(C)=O)C[C@]3(C)C(=CC[C@@H]4[C@@]5(C)CC[C@H](O[C@@H]6O[C@H](C(=O)O)[C@@H](O)[C@H](O)[C@H]6O[C@@H]6O[C@H](CO)[C@H](O)[C@H](O)[C@H]6O)C(C)(C)[C@@H]5CC[C@]43C)[C@@H]2CC1(C)C. The van der Waals surface area contributed by atoms with Crippen molar-refractivity contribution in [3.8, 4) is 0 Å². The lowest BCUT2D eigenvalue weighted by atomic mass is 9.33. The molecule has 0 aromatic carbocycles. The van der Waals surface area contributed by atoms with E-state index >= 15 is 0 Å². The van der Waals surface area contributed by atoms with Crippen LogP contribution in [-0.2, 0) is 52.3 Å². The Morgan fingerprint density at radius 1 is 0.757 bits per heavy atom. The summed E-state index contributed by atoms with van der Waals surface area (Å²) in [5.41, 5.74) is -2.96. The van der Waals surface area contributed by atoms with Gasteiger partial charge < -0.3 is 74.0 Å². The van der Waals surface area contributed by atoms with Crippen molar-refractivity contribution < 1.29 is 93.2 Å². The minimum absolute atomic E-state index is 0.00167. The molecule has 5 aliphatic carbocycles. The third-order valence-corrected chi connectivity index (χ3v) is 18.9. The molecule has 2 heterocycles. The van der Waals surface area contributed by atoms with Crippen LogP contribution in [0.2, 0.25) is 0 Å². The van der Waals surface area contributed by atoms with E-state index in [-0.39, 0.29) is 36.2 Å². The Morgan fingerprint density at radius 3 is 2.01 bits per heavy atom. The number of carboxylic acids is 1. The molecule has 0 unspecified atom stereocenters. The molecule has 398 valence electrons. The van der Waals surface area contributed by atoms with E-state index in [9.17, 15) is 60.0 Å². The lowest BCUT2D eigenvalue weighted by Gasteiger charge is -2.72. The molecule has 19 heteroatoms. The van der Waals surface area contributed by atoms with Crippen LogP contribution in [-0.4, -0.2) is 164 Å². The highest BCUT2D eigenvalue weighted by atomic mass is 16.8. The van der Waals surface area contributed by atoms with Gasteiger partial charge in [-0.25, -0.2) is 4.79 Å². The Morgan fingerprint density at radius 2 is 1.41 bits per heavy atom. The molecule has 4 saturated carbocycles. The van der Waals surface area contributed by atoms with Gasteiger partial charge in [0.2, 0.25) is 0 Å². The van der Waals surface area contributed by atoms with Gasteiger partial charge in [-0.05, 0) is 90.3 Å². The first-order valence-electron chi connectivity index (χ1n) is 25.2. The summed E-state index contributed by atoms with van der Waals surface area (Å²) in [4.78, 5) is 51.6. The quantitative estimate of drug-likeness (QED) is 0.0603. The van der Waals surface area contributed by atoms with Crippen molar-refractivity contribution >= 4 is 23.9 Å². The van der Waals surface area contributed by atoms with Crippen molar-refractivity contribution in [1.82, 2.24) is 0 Å². The zero-order valence-electron chi connectivity index (χ0n) is 42.6. The van der Waals surface area contributed by atoms with Gasteiger partial charge in [-0.3, -0.25) is 14.4 Å². The molecular weight excluding hydrogens is 917 g/mol. The largest absolute Gasteiger partial charge is 0.479 e. The first-order valence-corrected chi connectivity index (χ1v) is 25.2. The number of hydrogen-bond donors (Lipinski definition) is 8. The van der Waals surface area contributed by atoms with Crippen molar-refractivity contribution in [2.24, 2.45) is 56.2 Å². The third kappa shape index (κ3) is 8.95. The molecular formula is C51H80O19. The number of aliphatic hydroxyl groups excluding tert-OH is 7. The third-order valence-electron chi connectivity index (χ3n) is 18.9. The maximum Gasteiger partial charge on any atom is 0.335 e. The highest BCUT2D eigenvalue weighted by molar-refractivity contribution is 5.73. The fourth-order valence-electron chi connectivity index (χ4n) is 15.2. The van der Waals surface area contributed by atoms with Gasteiger partial charge in [-0.15, -0.1) is 0 Å². The second kappa shape index (κ2) is 19.5. The Bertz CT molecular complexity index is 2000. The van der Waals surface area contributed by atoms with Crippen LogP contribution in [0.3, 0.4) is 0 Å². The zero-order chi connectivity index (χ0) is 52.0. The van der Waals surface area contributed by atoms with Gasteiger partial charge in [0.15, 0.2) is 18.7 Å². The van der Waals surface area contributed by atoms with E-state index in [1.807, 2.05) is 27.7 Å². The number of ether oxygens (including phenoxy) is 7. The fraction of sp³-hybridized carbons (Fsp3) is 0.882. The van der Waals surface area contributed by atoms with Gasteiger partial charge in [0.25, 0.3) is 0 Å². The predicted octanol–water partition coefficient (Wildman–Crippen LogP) is 2.53. The van der Waals surface area contributed by atoms with Crippen LogP contribution >= 0.6 is 0 Å². The van der Waals surface area contributed by atoms with Crippen LogP contribution in [0, 0.1) is 56.2 Å². The van der Waals surface area contributed by atoms with Crippen LogP contribution in [0.15, 0.2) is 11.6 Å². The molecule has 2 aliphatic heterocycles. The fourth-order valence-corrected chi connectivity index (χ4v) is 15.2. The summed E-state index contributed by atoms with van der Waals surface area (Å²) in [5.74, 6) is -3.50. The molecule has 0 aromatic heterocycles. The van der Waals surface area contributed by atoms with E-state index in [0.29, 0.717) is 32.1 Å². The molecule has 0 spiro atoms. The van der Waals surface area contributed by atoms with Crippen LogP contribution < -0.4 is 0 Å². The lowest BCUT2D eigenvalue weighted by molar-refractivity contribution is -0.374. The molecule has 70 heavy (non-hydrogen) atoms. The normalized spacial score (nSPS) is 47.3. The topological polar surface area (TPSA) is 295 Å². The number of aliphatic carboxylic acids is 1. The first kappa shape index (κ1) is 54.9. The molecule has 19 nitrogen and oxygen atoms in total. The summed E-state index contributed by atoms with van der Waals surface area (Å²) >= 11 is 0. The molecule has 8 N–H and O–H groups in total. The van der Waals surface area contributed by atoms with E-state index < -0.39 is 149 Å². The minimum Gasteiger partial charge on any atom is -0.479 e. The summed E-state index contributed by atoms with van der Waals surface area (Å²) < 4.78 is 42.4. The maximum absolute atomic E-state index is 13.3. The van der Waals surface area contributed by atoms with Crippen molar-refractivity contribution in [1.29, 1.82) is 0 Å². The summed E-state index contributed by atoms with van der Waals surface area (Å²) in [5, 5.41) is 86.6. The van der Waals surface area contributed by atoms with Crippen LogP contribution in [0.5, 0.6) is 0 Å². The molecule has 0 radical (unpaired) electrons. The minimum atomic E-state index is -2.00. The van der Waals surface area contributed by atoms with Gasteiger partial charge >= 0.3 is 23.9 Å². The van der Waals surface area contributed by atoms with E-state index in [1.54, 1.807) is 0 Å². The van der Waals surface area contributed by atoms with Gasteiger partial charge in [-0.2, -0.15) is 0 Å². The van der Waals surface area contributed by atoms with Gasteiger partial charge in [0, 0.05) is 25.7 Å². The number of carbonyl (C=O) groups is 4. The van der Waals surface area contributed by atoms with Gasteiger partial charge in [-0.1, -0.05) is 74.0 Å². The summed E-state index contributed by atoms with van der Waals surface area (Å²) in [7, 11) is 0. The van der Waals surface area contributed by atoms with E-state index in [0.717, 1.165) is 18.4 Å². The molecule has 2 saturated heterocycles. The molecule has 0 aromatic rings. The van der Waals surface area contributed by atoms with Crippen molar-refractivity contribution in [3.63, 3.8) is 0 Å². The Kier molecular flexibility index (Phi) is 15.3. The maximum atomic E-state index is 13.3. The summed E-state index contributed by atoms with van der Waals surface area (Å²) in [6, 6.07) is 0. The standard InChI is InChI=1S/C51H80O19/c1-23(2)18-33(55)64-22-51-27(19-46(5,6)42(41(51)61)66-25(4)54)26-12-13-30-48(9)16-15-31(47(7,8)29(48)14-17-49(30,10)50(26,11)20-32(51)65-24(3)53)68-45-40(37(59)36(58)39(69-45)43(62)63)70-44-38(60)35(57)34(56)28(21-52)67-44/h12,23,27-32,34-42,44-45,52,56-61H,13-22H2,1-11H3,(H,62,63)/t27-,28+,29-,30+,31-,32+,34-,35-,36-,37-,38+,39-,40+,41-,42-,44-,45+,48-,49+,50+,51-/m0/s1. The van der Waals surface area contributed by atoms with Crippen LogP contribution in [0.25, 0.3) is 0 Å². The number of esters is 3. The average Bonchev–Trinajstić information content (AvgIpc) is 3.25. The monoisotopic (exact) mass is 997 g/mol. The predicted molar refractivity (Wildman–Crippen MR) is 245 cm³/mol. The van der Waals surface area contributed by atoms with Crippen LogP contribution in [0.1, 0.15) is 128 Å². The Balaban J connectivity index is 1.22. The smallest absolute Gasteiger partial charge is 0.335 e. The second-order valence-electron chi connectivity index (χ2n) is 24.2. The molecule has 7 aliphatic rings. The lowest BCUT2D eigenvalue weighted by Crippen LogP contribution is -2.72. The second-order valence-corrected chi connectivity index (χ2v) is 24.2. The highest BCUT2D eigenvalue weighted by Crippen LogP contribution is 2.76. The van der Waals surface area contributed by atoms with Gasteiger partial charge in [0.05, 0.1) is 18.1 Å². The van der Waals surface area contributed by atoms with E-state index in [2.05, 4.69) is 40.7 Å². The first-order chi connectivity index (χ1) is 32.4. The molecule has 21 atom stereocenters.